The molecule has 24 heavy (non-hydrogen) atoms. The van der Waals surface area contributed by atoms with Crippen LogP contribution in [0.2, 0.25) is 0 Å². The Balaban J connectivity index is 1.98. The highest BCUT2D eigenvalue weighted by Gasteiger charge is 2.10. The molecule has 2 rings (SSSR count). The van der Waals surface area contributed by atoms with Crippen molar-refractivity contribution in [3.8, 4) is 17.2 Å². The summed E-state index contributed by atoms with van der Waals surface area (Å²) < 4.78 is 16.0. The average Bonchev–Trinajstić information content (AvgIpc) is 2.64. The van der Waals surface area contributed by atoms with Crippen LogP contribution in [0.5, 0.6) is 17.2 Å². The first-order chi connectivity index (χ1) is 11.7. The first-order valence-electron chi connectivity index (χ1n) is 7.75. The van der Waals surface area contributed by atoms with Gasteiger partial charge in [-0.2, -0.15) is 0 Å². The first-order valence-corrected chi connectivity index (χ1v) is 7.75. The van der Waals surface area contributed by atoms with Gasteiger partial charge >= 0.3 is 0 Å². The third kappa shape index (κ3) is 4.62. The topological polar surface area (TPSA) is 44.8 Å². The summed E-state index contributed by atoms with van der Waals surface area (Å²) in [5.74, 6) is 2.28. The lowest BCUT2D eigenvalue weighted by Crippen LogP contribution is -2.03. The molecule has 0 spiro atoms. The highest BCUT2D eigenvalue weighted by molar-refractivity contribution is 5.96. The molecule has 0 unspecified atom stereocenters. The molecule has 0 N–H and O–H groups in total. The SMILES string of the molecule is C=CCOc1ccc(C(=O)CCc2ccc(OC)cc2OC)cc1. The number of hydrogen-bond donors (Lipinski definition) is 0. The molecule has 0 atom stereocenters. The van der Waals surface area contributed by atoms with Crippen LogP contribution >= 0.6 is 0 Å². The Morgan fingerprint density at radius 2 is 1.75 bits per heavy atom. The summed E-state index contributed by atoms with van der Waals surface area (Å²) in [6.45, 7) is 4.05. The number of carbonyl (C=O) groups is 1. The van der Waals surface area contributed by atoms with Crippen LogP contribution < -0.4 is 14.2 Å². The van der Waals surface area contributed by atoms with Gasteiger partial charge in [0.05, 0.1) is 14.2 Å². The van der Waals surface area contributed by atoms with Gasteiger partial charge in [0.2, 0.25) is 0 Å². The maximum atomic E-state index is 12.3. The molecule has 4 heteroatoms. The second kappa shape index (κ2) is 8.77. The number of hydrogen-bond acceptors (Lipinski definition) is 4. The molecule has 0 bridgehead atoms. The van der Waals surface area contributed by atoms with Gasteiger partial charge < -0.3 is 14.2 Å². The summed E-state index contributed by atoms with van der Waals surface area (Å²) >= 11 is 0. The summed E-state index contributed by atoms with van der Waals surface area (Å²) in [6, 6.07) is 12.8. The second-order valence-electron chi connectivity index (χ2n) is 5.23. The fourth-order valence-corrected chi connectivity index (χ4v) is 2.34. The van der Waals surface area contributed by atoms with E-state index in [2.05, 4.69) is 6.58 Å². The van der Waals surface area contributed by atoms with Crippen molar-refractivity contribution >= 4 is 5.78 Å². The molecule has 0 radical (unpaired) electrons. The van der Waals surface area contributed by atoms with Crippen LogP contribution in [-0.2, 0) is 6.42 Å². The minimum absolute atomic E-state index is 0.0862. The summed E-state index contributed by atoms with van der Waals surface area (Å²) in [4.78, 5) is 12.3. The number of ketones is 1. The van der Waals surface area contributed by atoms with Gasteiger partial charge in [-0.25, -0.2) is 0 Å². The van der Waals surface area contributed by atoms with Crippen molar-refractivity contribution in [2.45, 2.75) is 12.8 Å². The minimum atomic E-state index is 0.0862. The lowest BCUT2D eigenvalue weighted by molar-refractivity contribution is 0.0982. The van der Waals surface area contributed by atoms with Crippen molar-refractivity contribution in [2.24, 2.45) is 0 Å². The van der Waals surface area contributed by atoms with E-state index in [0.29, 0.717) is 25.0 Å². The third-order valence-electron chi connectivity index (χ3n) is 3.66. The molecule has 0 heterocycles. The molecule has 0 fully saturated rings. The molecule has 2 aromatic carbocycles. The summed E-state index contributed by atoms with van der Waals surface area (Å²) in [7, 11) is 3.22. The van der Waals surface area contributed by atoms with E-state index in [0.717, 1.165) is 22.8 Å². The zero-order valence-corrected chi connectivity index (χ0v) is 14.1. The highest BCUT2D eigenvalue weighted by atomic mass is 16.5. The quantitative estimate of drug-likeness (QED) is 0.514. The maximum absolute atomic E-state index is 12.3. The van der Waals surface area contributed by atoms with Gasteiger partial charge in [0.1, 0.15) is 23.9 Å². The summed E-state index contributed by atoms with van der Waals surface area (Å²) in [6.07, 6.45) is 2.71. The molecular formula is C20H22O4. The van der Waals surface area contributed by atoms with Gasteiger partial charge in [0.25, 0.3) is 0 Å². The minimum Gasteiger partial charge on any atom is -0.497 e. The van der Waals surface area contributed by atoms with Crippen LogP contribution in [0.25, 0.3) is 0 Å². The van der Waals surface area contributed by atoms with E-state index in [1.807, 2.05) is 18.2 Å². The Morgan fingerprint density at radius 3 is 2.38 bits per heavy atom. The Morgan fingerprint density at radius 1 is 1.04 bits per heavy atom. The molecule has 0 aliphatic carbocycles. The van der Waals surface area contributed by atoms with Gasteiger partial charge in [-0.1, -0.05) is 18.7 Å². The predicted molar refractivity (Wildman–Crippen MR) is 94.3 cm³/mol. The smallest absolute Gasteiger partial charge is 0.163 e. The lowest BCUT2D eigenvalue weighted by Gasteiger charge is -2.10. The van der Waals surface area contributed by atoms with E-state index in [1.54, 1.807) is 44.6 Å². The molecule has 0 saturated heterocycles. The maximum Gasteiger partial charge on any atom is 0.163 e. The van der Waals surface area contributed by atoms with Crippen LogP contribution in [0.4, 0.5) is 0 Å². The van der Waals surface area contributed by atoms with Crippen molar-refractivity contribution in [3.05, 3.63) is 66.2 Å². The Bertz CT molecular complexity index is 689. The van der Waals surface area contributed by atoms with E-state index >= 15 is 0 Å². The number of methoxy groups -OCH3 is 2. The Labute approximate surface area is 142 Å². The number of rotatable bonds is 9. The first kappa shape index (κ1) is 17.6. The molecule has 4 nitrogen and oxygen atoms in total. The van der Waals surface area contributed by atoms with Crippen molar-refractivity contribution < 1.29 is 19.0 Å². The Hall–Kier alpha value is -2.75. The number of aryl methyl sites for hydroxylation is 1. The van der Waals surface area contributed by atoms with Crippen LogP contribution in [0, 0.1) is 0 Å². The molecule has 0 aromatic heterocycles. The van der Waals surface area contributed by atoms with E-state index < -0.39 is 0 Å². The number of carbonyl (C=O) groups excluding carboxylic acids is 1. The molecular weight excluding hydrogens is 304 g/mol. The molecule has 0 aliphatic rings. The van der Waals surface area contributed by atoms with Gasteiger partial charge in [-0.05, 0) is 42.3 Å². The summed E-state index contributed by atoms with van der Waals surface area (Å²) in [5, 5.41) is 0. The zero-order valence-electron chi connectivity index (χ0n) is 14.1. The van der Waals surface area contributed by atoms with Crippen molar-refractivity contribution in [3.63, 3.8) is 0 Å². The van der Waals surface area contributed by atoms with E-state index in [9.17, 15) is 4.79 Å². The van der Waals surface area contributed by atoms with Gasteiger partial charge in [-0.15, -0.1) is 0 Å². The second-order valence-corrected chi connectivity index (χ2v) is 5.23. The normalized spacial score (nSPS) is 10.1. The fourth-order valence-electron chi connectivity index (χ4n) is 2.34. The van der Waals surface area contributed by atoms with E-state index in [4.69, 9.17) is 14.2 Å². The lowest BCUT2D eigenvalue weighted by atomic mass is 10.0. The number of ether oxygens (including phenoxy) is 3. The van der Waals surface area contributed by atoms with Gasteiger partial charge in [-0.3, -0.25) is 4.79 Å². The molecule has 0 amide bonds. The van der Waals surface area contributed by atoms with E-state index in [1.165, 1.54) is 0 Å². The van der Waals surface area contributed by atoms with Crippen molar-refractivity contribution in [2.75, 3.05) is 20.8 Å². The standard InChI is InChI=1S/C20H22O4/c1-4-13-24-17-9-5-15(6-10-17)19(21)12-8-16-7-11-18(22-2)14-20(16)23-3/h4-7,9-11,14H,1,8,12-13H2,2-3H3. The zero-order chi connectivity index (χ0) is 17.4. The van der Waals surface area contributed by atoms with E-state index in [-0.39, 0.29) is 5.78 Å². The number of Topliss-reactive ketones (excluding diaryl/α,β-unsaturated/α-hetero) is 1. The van der Waals surface area contributed by atoms with Crippen LogP contribution in [0.1, 0.15) is 22.3 Å². The van der Waals surface area contributed by atoms with Gasteiger partial charge in [0.15, 0.2) is 5.78 Å². The fraction of sp³-hybridized carbons (Fsp3) is 0.250. The van der Waals surface area contributed by atoms with Crippen molar-refractivity contribution in [1.82, 2.24) is 0 Å². The van der Waals surface area contributed by atoms with Crippen molar-refractivity contribution in [1.29, 1.82) is 0 Å². The summed E-state index contributed by atoms with van der Waals surface area (Å²) in [5.41, 5.74) is 1.66. The average molecular weight is 326 g/mol. The monoisotopic (exact) mass is 326 g/mol. The predicted octanol–water partition coefficient (Wildman–Crippen LogP) is 4.08. The molecule has 0 aliphatic heterocycles. The van der Waals surface area contributed by atoms with Gasteiger partial charge in [0, 0.05) is 18.1 Å². The number of benzene rings is 2. The molecule has 2 aromatic rings. The van der Waals surface area contributed by atoms with Crippen LogP contribution in [0.3, 0.4) is 0 Å². The molecule has 126 valence electrons. The highest BCUT2D eigenvalue weighted by Crippen LogP contribution is 2.26. The largest absolute Gasteiger partial charge is 0.497 e. The Kier molecular flexibility index (Phi) is 6.43. The third-order valence-corrected chi connectivity index (χ3v) is 3.66. The molecule has 0 saturated carbocycles. The van der Waals surface area contributed by atoms with Crippen LogP contribution in [0.15, 0.2) is 55.1 Å². The van der Waals surface area contributed by atoms with Crippen LogP contribution in [-0.4, -0.2) is 26.6 Å².